The number of benzene rings is 1. The standard InChI is InChI=1S/C19H22N6O/c1-13-18(19(26)24-10-7-14(12-20)8-11-24)22-23-25(13)17-6-2-5-16-15(17)4-3-9-21-16/h2-6,9,14H,7-8,10-12,20H2,1H3. The molecule has 4 rings (SSSR count). The van der Waals surface area contributed by atoms with Gasteiger partial charge in [0, 0.05) is 24.7 Å². The van der Waals surface area contributed by atoms with Crippen LogP contribution in [0.15, 0.2) is 36.5 Å². The molecule has 0 aliphatic carbocycles. The van der Waals surface area contributed by atoms with Crippen molar-refractivity contribution in [2.45, 2.75) is 19.8 Å². The average molecular weight is 350 g/mol. The second kappa shape index (κ2) is 6.84. The van der Waals surface area contributed by atoms with E-state index in [9.17, 15) is 4.79 Å². The third-order valence-electron chi connectivity index (χ3n) is 5.18. The van der Waals surface area contributed by atoms with Gasteiger partial charge in [0.1, 0.15) is 0 Å². The van der Waals surface area contributed by atoms with Crippen LogP contribution in [0.5, 0.6) is 0 Å². The summed E-state index contributed by atoms with van der Waals surface area (Å²) in [6, 6.07) is 9.75. The molecule has 134 valence electrons. The van der Waals surface area contributed by atoms with Gasteiger partial charge in [-0.05, 0) is 56.5 Å². The predicted molar refractivity (Wildman–Crippen MR) is 99.1 cm³/mol. The summed E-state index contributed by atoms with van der Waals surface area (Å²) < 4.78 is 1.73. The Labute approximate surface area is 151 Å². The van der Waals surface area contributed by atoms with Gasteiger partial charge in [-0.15, -0.1) is 5.10 Å². The Morgan fingerprint density at radius 1 is 1.23 bits per heavy atom. The first-order valence-electron chi connectivity index (χ1n) is 8.95. The van der Waals surface area contributed by atoms with Crippen molar-refractivity contribution in [3.05, 3.63) is 47.9 Å². The summed E-state index contributed by atoms with van der Waals surface area (Å²) >= 11 is 0. The smallest absolute Gasteiger partial charge is 0.276 e. The predicted octanol–water partition coefficient (Wildman–Crippen LogP) is 1.93. The maximum absolute atomic E-state index is 12.9. The number of nitrogens with zero attached hydrogens (tertiary/aromatic N) is 5. The van der Waals surface area contributed by atoms with Crippen molar-refractivity contribution in [1.29, 1.82) is 0 Å². The van der Waals surface area contributed by atoms with E-state index in [1.807, 2.05) is 42.2 Å². The van der Waals surface area contributed by atoms with Gasteiger partial charge in [0.15, 0.2) is 5.69 Å². The van der Waals surface area contributed by atoms with Gasteiger partial charge in [-0.25, -0.2) is 4.68 Å². The SMILES string of the molecule is Cc1c(C(=O)N2CCC(CN)CC2)nnn1-c1cccc2ncccc12. The Bertz CT molecular complexity index is 937. The molecule has 3 heterocycles. The number of carbonyl (C=O) groups is 1. The van der Waals surface area contributed by atoms with Crippen LogP contribution in [0.1, 0.15) is 29.0 Å². The average Bonchev–Trinajstić information content (AvgIpc) is 3.08. The fraction of sp³-hybridized carbons (Fsp3) is 0.368. The zero-order valence-electron chi connectivity index (χ0n) is 14.8. The fourth-order valence-corrected chi connectivity index (χ4v) is 3.55. The molecule has 0 radical (unpaired) electrons. The second-order valence-corrected chi connectivity index (χ2v) is 6.75. The third-order valence-corrected chi connectivity index (χ3v) is 5.18. The summed E-state index contributed by atoms with van der Waals surface area (Å²) in [6.45, 7) is 4.03. The number of likely N-dealkylation sites (tertiary alicyclic amines) is 1. The highest BCUT2D eigenvalue weighted by Crippen LogP contribution is 2.23. The zero-order chi connectivity index (χ0) is 18.1. The van der Waals surface area contributed by atoms with E-state index >= 15 is 0 Å². The molecule has 1 aliphatic rings. The second-order valence-electron chi connectivity index (χ2n) is 6.75. The minimum atomic E-state index is -0.0532. The molecule has 26 heavy (non-hydrogen) atoms. The van der Waals surface area contributed by atoms with Crippen molar-refractivity contribution in [3.8, 4) is 5.69 Å². The number of piperidine rings is 1. The molecule has 1 amide bonds. The summed E-state index contributed by atoms with van der Waals surface area (Å²) in [4.78, 5) is 19.1. The van der Waals surface area contributed by atoms with Crippen LogP contribution in [0, 0.1) is 12.8 Å². The Morgan fingerprint density at radius 3 is 2.81 bits per heavy atom. The summed E-state index contributed by atoms with van der Waals surface area (Å²) in [5, 5.41) is 9.42. The van der Waals surface area contributed by atoms with Gasteiger partial charge >= 0.3 is 0 Å². The minimum Gasteiger partial charge on any atom is -0.337 e. The van der Waals surface area contributed by atoms with Crippen LogP contribution in [0.3, 0.4) is 0 Å². The topological polar surface area (TPSA) is 89.9 Å². The number of carbonyl (C=O) groups excluding carboxylic acids is 1. The normalized spacial score (nSPS) is 15.5. The van der Waals surface area contributed by atoms with E-state index in [0.29, 0.717) is 18.2 Å². The number of nitrogens with two attached hydrogens (primary N) is 1. The number of pyridine rings is 1. The van der Waals surface area contributed by atoms with Crippen molar-refractivity contribution >= 4 is 16.8 Å². The molecule has 2 N–H and O–H groups in total. The zero-order valence-corrected chi connectivity index (χ0v) is 14.8. The molecule has 3 aromatic rings. The van der Waals surface area contributed by atoms with E-state index in [1.165, 1.54) is 0 Å². The Hall–Kier alpha value is -2.80. The fourth-order valence-electron chi connectivity index (χ4n) is 3.55. The van der Waals surface area contributed by atoms with E-state index < -0.39 is 0 Å². The van der Waals surface area contributed by atoms with Crippen molar-refractivity contribution in [2.75, 3.05) is 19.6 Å². The lowest BCUT2D eigenvalue weighted by Gasteiger charge is -2.30. The van der Waals surface area contributed by atoms with Gasteiger partial charge in [0.05, 0.1) is 16.9 Å². The number of aromatic nitrogens is 4. The number of rotatable bonds is 3. The van der Waals surface area contributed by atoms with Crippen LogP contribution in [-0.2, 0) is 0 Å². The molecular weight excluding hydrogens is 328 g/mol. The molecule has 1 fully saturated rings. The highest BCUT2D eigenvalue weighted by molar-refractivity contribution is 5.94. The van der Waals surface area contributed by atoms with Crippen LogP contribution in [-0.4, -0.2) is 50.4 Å². The lowest BCUT2D eigenvalue weighted by Crippen LogP contribution is -2.40. The number of amides is 1. The third kappa shape index (κ3) is 2.84. The van der Waals surface area contributed by atoms with E-state index in [2.05, 4.69) is 15.3 Å². The summed E-state index contributed by atoms with van der Waals surface area (Å²) in [5.41, 5.74) is 8.66. The number of hydrogen-bond donors (Lipinski definition) is 1. The van der Waals surface area contributed by atoms with E-state index in [0.717, 1.165) is 48.2 Å². The maximum Gasteiger partial charge on any atom is 0.276 e. The summed E-state index contributed by atoms with van der Waals surface area (Å²) in [6.07, 6.45) is 3.66. The van der Waals surface area contributed by atoms with Crippen LogP contribution in [0.25, 0.3) is 16.6 Å². The summed E-state index contributed by atoms with van der Waals surface area (Å²) in [5.74, 6) is 0.460. The molecule has 1 aromatic carbocycles. The first kappa shape index (κ1) is 16.7. The summed E-state index contributed by atoms with van der Waals surface area (Å²) in [7, 11) is 0. The van der Waals surface area contributed by atoms with E-state index in [-0.39, 0.29) is 5.91 Å². The number of hydrogen-bond acceptors (Lipinski definition) is 5. The molecule has 0 saturated carbocycles. The van der Waals surface area contributed by atoms with Crippen molar-refractivity contribution in [2.24, 2.45) is 11.7 Å². The Kier molecular flexibility index (Phi) is 4.38. The molecule has 0 atom stereocenters. The molecule has 1 aliphatic heterocycles. The molecule has 2 aromatic heterocycles. The van der Waals surface area contributed by atoms with Gasteiger partial charge in [-0.1, -0.05) is 11.3 Å². The molecule has 0 unspecified atom stereocenters. The largest absolute Gasteiger partial charge is 0.337 e. The van der Waals surface area contributed by atoms with E-state index in [1.54, 1.807) is 10.9 Å². The molecule has 0 bridgehead atoms. The van der Waals surface area contributed by atoms with Gasteiger partial charge in [-0.2, -0.15) is 0 Å². The molecule has 7 heteroatoms. The van der Waals surface area contributed by atoms with Crippen LogP contribution >= 0.6 is 0 Å². The Morgan fingerprint density at radius 2 is 2.04 bits per heavy atom. The highest BCUT2D eigenvalue weighted by atomic mass is 16.2. The lowest BCUT2D eigenvalue weighted by molar-refractivity contribution is 0.0686. The van der Waals surface area contributed by atoms with Crippen molar-refractivity contribution in [1.82, 2.24) is 24.9 Å². The molecule has 0 spiro atoms. The monoisotopic (exact) mass is 350 g/mol. The molecule has 7 nitrogen and oxygen atoms in total. The van der Waals surface area contributed by atoms with Gasteiger partial charge < -0.3 is 10.6 Å². The molecular formula is C19H22N6O. The van der Waals surface area contributed by atoms with Gasteiger partial charge in [-0.3, -0.25) is 9.78 Å². The first-order valence-corrected chi connectivity index (χ1v) is 8.95. The van der Waals surface area contributed by atoms with Crippen molar-refractivity contribution < 1.29 is 4.79 Å². The van der Waals surface area contributed by atoms with E-state index in [4.69, 9.17) is 5.73 Å². The molecule has 1 saturated heterocycles. The van der Waals surface area contributed by atoms with Crippen LogP contribution in [0.4, 0.5) is 0 Å². The van der Waals surface area contributed by atoms with Crippen LogP contribution in [0.2, 0.25) is 0 Å². The van der Waals surface area contributed by atoms with Gasteiger partial charge in [0.2, 0.25) is 0 Å². The Balaban J connectivity index is 1.65. The van der Waals surface area contributed by atoms with Gasteiger partial charge in [0.25, 0.3) is 5.91 Å². The minimum absolute atomic E-state index is 0.0532. The van der Waals surface area contributed by atoms with Crippen LogP contribution < -0.4 is 5.73 Å². The lowest BCUT2D eigenvalue weighted by atomic mass is 9.97. The highest BCUT2D eigenvalue weighted by Gasteiger charge is 2.27. The quantitative estimate of drug-likeness (QED) is 0.779. The first-order chi connectivity index (χ1) is 12.7. The van der Waals surface area contributed by atoms with Crippen molar-refractivity contribution in [3.63, 3.8) is 0 Å². The maximum atomic E-state index is 12.9. The number of fused-ring (bicyclic) bond motifs is 1.